The van der Waals surface area contributed by atoms with Crippen LogP contribution in [0.2, 0.25) is 0 Å². The van der Waals surface area contributed by atoms with Gasteiger partial charge in [-0.25, -0.2) is 0 Å². The van der Waals surface area contributed by atoms with Crippen LogP contribution in [0.3, 0.4) is 0 Å². The Bertz CT molecular complexity index is 521. The maximum Gasteiger partial charge on any atom is 0.313 e. The molecule has 0 aromatic carbocycles. The van der Waals surface area contributed by atoms with E-state index in [2.05, 4.69) is 20.0 Å². The first-order valence-electron chi connectivity index (χ1n) is 7.38. The van der Waals surface area contributed by atoms with Crippen LogP contribution in [-0.2, 0) is 11.8 Å². The molecular formula is C13H21N5O2S. The third kappa shape index (κ3) is 3.16. The second kappa shape index (κ2) is 6.23. The Morgan fingerprint density at radius 3 is 3.00 bits per heavy atom. The number of fused-ring (bicyclic) bond motifs is 1. The third-order valence-electron chi connectivity index (χ3n) is 4.26. The van der Waals surface area contributed by atoms with E-state index in [0.29, 0.717) is 11.2 Å². The fraction of sp³-hybridized carbons (Fsp3) is 0.769. The Morgan fingerprint density at radius 2 is 2.19 bits per heavy atom. The van der Waals surface area contributed by atoms with E-state index in [1.807, 2.05) is 11.6 Å². The monoisotopic (exact) mass is 311 g/mol. The van der Waals surface area contributed by atoms with Crippen LogP contribution in [0.4, 0.5) is 5.95 Å². The minimum Gasteiger partial charge on any atom is -0.481 e. The molecule has 2 aliphatic heterocycles. The lowest BCUT2D eigenvalue weighted by Gasteiger charge is -2.44. The molecule has 0 bridgehead atoms. The Kier molecular flexibility index (Phi) is 4.34. The lowest BCUT2D eigenvalue weighted by Crippen LogP contribution is -2.55. The molecule has 1 unspecified atom stereocenters. The summed E-state index contributed by atoms with van der Waals surface area (Å²) in [6.07, 6.45) is 3.89. The van der Waals surface area contributed by atoms with Gasteiger partial charge in [-0.1, -0.05) is 18.2 Å². The van der Waals surface area contributed by atoms with E-state index in [-0.39, 0.29) is 5.75 Å². The van der Waals surface area contributed by atoms with Crippen LogP contribution < -0.4 is 4.90 Å². The number of rotatable bonds is 4. The molecular weight excluding hydrogens is 290 g/mol. The van der Waals surface area contributed by atoms with Crippen molar-refractivity contribution in [2.24, 2.45) is 7.05 Å². The molecule has 2 fully saturated rings. The van der Waals surface area contributed by atoms with Gasteiger partial charge < -0.3 is 10.0 Å². The highest BCUT2D eigenvalue weighted by Gasteiger charge is 2.30. The van der Waals surface area contributed by atoms with Crippen molar-refractivity contribution in [1.29, 1.82) is 0 Å². The van der Waals surface area contributed by atoms with Crippen molar-refractivity contribution in [1.82, 2.24) is 19.7 Å². The van der Waals surface area contributed by atoms with Gasteiger partial charge in [0.2, 0.25) is 5.95 Å². The fourth-order valence-electron chi connectivity index (χ4n) is 3.17. The summed E-state index contributed by atoms with van der Waals surface area (Å²) in [5.41, 5.74) is 0. The van der Waals surface area contributed by atoms with Crippen LogP contribution in [0.1, 0.15) is 19.3 Å². The van der Waals surface area contributed by atoms with Gasteiger partial charge in [0, 0.05) is 32.7 Å². The van der Waals surface area contributed by atoms with Crippen LogP contribution in [0, 0.1) is 0 Å². The summed E-state index contributed by atoms with van der Waals surface area (Å²) in [7, 11) is 1.91. The van der Waals surface area contributed by atoms with Gasteiger partial charge in [0.15, 0.2) is 5.16 Å². The molecule has 0 saturated carbocycles. The van der Waals surface area contributed by atoms with E-state index in [1.165, 1.54) is 37.6 Å². The molecule has 116 valence electrons. The lowest BCUT2D eigenvalue weighted by atomic mass is 10.00. The SMILES string of the molecule is Cn1c(SCC(=O)O)nnc1N1CCN2CCCCC2C1. The summed E-state index contributed by atoms with van der Waals surface area (Å²) >= 11 is 1.22. The smallest absolute Gasteiger partial charge is 0.313 e. The number of anilines is 1. The predicted molar refractivity (Wildman–Crippen MR) is 80.8 cm³/mol. The number of carbonyl (C=O) groups is 1. The minimum absolute atomic E-state index is 0.0162. The second-order valence-corrected chi connectivity index (χ2v) is 6.60. The molecule has 8 heteroatoms. The Balaban J connectivity index is 1.68. The van der Waals surface area contributed by atoms with Gasteiger partial charge in [-0.05, 0) is 19.4 Å². The number of thioether (sulfide) groups is 1. The van der Waals surface area contributed by atoms with Crippen molar-refractivity contribution in [2.75, 3.05) is 36.8 Å². The zero-order chi connectivity index (χ0) is 14.8. The summed E-state index contributed by atoms with van der Waals surface area (Å²) in [6, 6.07) is 0.624. The molecule has 2 aliphatic rings. The van der Waals surface area contributed by atoms with Crippen LogP contribution in [0.25, 0.3) is 0 Å². The van der Waals surface area contributed by atoms with Gasteiger partial charge in [-0.3, -0.25) is 14.3 Å². The summed E-state index contributed by atoms with van der Waals surface area (Å²) in [6.45, 7) is 4.26. The number of piperidine rings is 1. The first-order valence-corrected chi connectivity index (χ1v) is 8.36. The van der Waals surface area contributed by atoms with Crippen LogP contribution in [0.5, 0.6) is 0 Å². The third-order valence-corrected chi connectivity index (χ3v) is 5.26. The fourth-order valence-corrected chi connectivity index (χ4v) is 3.80. The molecule has 0 amide bonds. The highest BCUT2D eigenvalue weighted by molar-refractivity contribution is 7.99. The molecule has 2 saturated heterocycles. The van der Waals surface area contributed by atoms with Gasteiger partial charge in [-0.15, -0.1) is 10.2 Å². The number of hydrogen-bond donors (Lipinski definition) is 1. The zero-order valence-corrected chi connectivity index (χ0v) is 13.1. The summed E-state index contributed by atoms with van der Waals surface area (Å²) < 4.78 is 1.91. The first kappa shape index (κ1) is 14.6. The van der Waals surface area contributed by atoms with E-state index in [9.17, 15) is 4.79 Å². The first-order chi connectivity index (χ1) is 10.1. The summed E-state index contributed by atoms with van der Waals surface area (Å²) in [5.74, 6) is 0.0380. The van der Waals surface area contributed by atoms with Gasteiger partial charge in [0.1, 0.15) is 0 Å². The highest BCUT2D eigenvalue weighted by atomic mass is 32.2. The number of aliphatic carboxylic acids is 1. The maximum atomic E-state index is 10.7. The number of nitrogens with zero attached hydrogens (tertiary/aromatic N) is 5. The van der Waals surface area contributed by atoms with Crippen LogP contribution in [-0.4, -0.2) is 68.7 Å². The maximum absolute atomic E-state index is 10.7. The van der Waals surface area contributed by atoms with E-state index < -0.39 is 5.97 Å². The molecule has 3 rings (SSSR count). The molecule has 0 spiro atoms. The van der Waals surface area contributed by atoms with Gasteiger partial charge in [0.25, 0.3) is 0 Å². The van der Waals surface area contributed by atoms with Crippen LogP contribution in [0.15, 0.2) is 5.16 Å². The quantitative estimate of drug-likeness (QED) is 0.819. The number of piperazine rings is 1. The van der Waals surface area contributed by atoms with Crippen molar-refractivity contribution in [3.05, 3.63) is 0 Å². The van der Waals surface area contributed by atoms with E-state index >= 15 is 0 Å². The Morgan fingerprint density at radius 1 is 1.33 bits per heavy atom. The molecule has 21 heavy (non-hydrogen) atoms. The molecule has 0 aliphatic carbocycles. The van der Waals surface area contributed by atoms with Crippen molar-refractivity contribution >= 4 is 23.7 Å². The number of aromatic nitrogens is 3. The lowest BCUT2D eigenvalue weighted by molar-refractivity contribution is -0.133. The van der Waals surface area contributed by atoms with Crippen molar-refractivity contribution in [3.63, 3.8) is 0 Å². The molecule has 3 heterocycles. The van der Waals surface area contributed by atoms with E-state index in [1.54, 1.807) is 0 Å². The average molecular weight is 311 g/mol. The normalized spacial score (nSPS) is 23.1. The molecule has 7 nitrogen and oxygen atoms in total. The van der Waals surface area contributed by atoms with Crippen molar-refractivity contribution in [3.8, 4) is 0 Å². The van der Waals surface area contributed by atoms with Crippen molar-refractivity contribution in [2.45, 2.75) is 30.5 Å². The number of carboxylic acid groups (broad SMARTS) is 1. The topological polar surface area (TPSA) is 74.5 Å². The van der Waals surface area contributed by atoms with Gasteiger partial charge >= 0.3 is 5.97 Å². The van der Waals surface area contributed by atoms with Crippen molar-refractivity contribution < 1.29 is 9.90 Å². The Hall–Kier alpha value is -1.28. The van der Waals surface area contributed by atoms with Gasteiger partial charge in [0.05, 0.1) is 5.75 Å². The van der Waals surface area contributed by atoms with Crippen LogP contribution >= 0.6 is 11.8 Å². The molecule has 1 N–H and O–H groups in total. The highest BCUT2D eigenvalue weighted by Crippen LogP contribution is 2.25. The van der Waals surface area contributed by atoms with E-state index in [4.69, 9.17) is 5.11 Å². The second-order valence-electron chi connectivity index (χ2n) is 5.66. The zero-order valence-electron chi connectivity index (χ0n) is 12.2. The average Bonchev–Trinajstić information content (AvgIpc) is 2.85. The molecule has 0 radical (unpaired) electrons. The summed E-state index contributed by atoms with van der Waals surface area (Å²) in [4.78, 5) is 15.5. The minimum atomic E-state index is -0.833. The molecule has 1 atom stereocenters. The molecule has 1 aromatic rings. The summed E-state index contributed by atoms with van der Waals surface area (Å²) in [5, 5.41) is 17.8. The van der Waals surface area contributed by atoms with Gasteiger partial charge in [-0.2, -0.15) is 0 Å². The number of carboxylic acids is 1. The number of hydrogen-bond acceptors (Lipinski definition) is 6. The molecule has 1 aromatic heterocycles. The predicted octanol–water partition coefficient (Wildman–Crippen LogP) is 0.666. The standard InChI is InChI=1S/C13H21N5O2S/c1-16-12(14-15-13(16)21-9-11(19)20)18-7-6-17-5-3-2-4-10(17)8-18/h10H,2-9H2,1H3,(H,19,20). The Labute approximate surface area is 128 Å². The van der Waals surface area contributed by atoms with E-state index in [0.717, 1.165) is 25.6 Å². The largest absolute Gasteiger partial charge is 0.481 e.